The molecule has 0 heterocycles. The van der Waals surface area contributed by atoms with Gasteiger partial charge in [0.25, 0.3) is 0 Å². The molecule has 2 heteroatoms. The van der Waals surface area contributed by atoms with Gasteiger partial charge in [0.2, 0.25) is 0 Å². The average molecular weight is 354 g/mol. The van der Waals surface area contributed by atoms with Crippen LogP contribution in [0.4, 0.5) is 0 Å². The molecule has 0 spiro atoms. The maximum Gasteiger partial charge on any atom is 0.155 e. The van der Waals surface area contributed by atoms with Crippen LogP contribution in [0.5, 0.6) is 0 Å². The topological polar surface area (TPSA) is 17.1 Å². The lowest BCUT2D eigenvalue weighted by Crippen LogP contribution is -2.04. The van der Waals surface area contributed by atoms with Gasteiger partial charge in [0.1, 0.15) is 0 Å². The number of carbonyl (C=O) groups excluding carboxylic acids is 1. The van der Waals surface area contributed by atoms with E-state index in [4.69, 9.17) is 0 Å². The zero-order valence-electron chi connectivity index (χ0n) is 10.5. The van der Waals surface area contributed by atoms with Crippen molar-refractivity contribution in [3.8, 4) is 0 Å². The number of rotatable bonds is 5. The predicted octanol–water partition coefficient (Wildman–Crippen LogP) is 4.35. The van der Waals surface area contributed by atoms with Crippen molar-refractivity contribution < 1.29 is 4.79 Å². The average Bonchev–Trinajstić information content (AvgIpc) is 2.81. The Morgan fingerprint density at radius 2 is 2.06 bits per heavy atom. The van der Waals surface area contributed by atoms with Gasteiger partial charge in [-0.15, -0.1) is 0 Å². The molecular formula is C16H19IO. The van der Waals surface area contributed by atoms with Gasteiger partial charge in [-0.3, -0.25) is 4.79 Å². The van der Waals surface area contributed by atoms with E-state index in [1.807, 2.05) is 24.3 Å². The van der Waals surface area contributed by atoms with E-state index in [9.17, 15) is 4.79 Å². The number of alkyl halides is 1. The molecule has 1 aromatic rings. The zero-order valence-corrected chi connectivity index (χ0v) is 12.7. The number of halogens is 1. The lowest BCUT2D eigenvalue weighted by Gasteiger charge is -2.07. The highest BCUT2D eigenvalue weighted by molar-refractivity contribution is 14.1. The van der Waals surface area contributed by atoms with Crippen molar-refractivity contribution in [1.29, 1.82) is 0 Å². The number of hydrogen-bond acceptors (Lipinski definition) is 1. The SMILES string of the molecule is O=C(/C=C/[C@H]1CCC[C@@H]1I)CCc1ccccc1. The van der Waals surface area contributed by atoms with E-state index < -0.39 is 0 Å². The fourth-order valence-corrected chi connectivity index (χ4v) is 3.43. The first-order valence-corrected chi connectivity index (χ1v) is 7.89. The van der Waals surface area contributed by atoms with Gasteiger partial charge < -0.3 is 0 Å². The number of ketones is 1. The molecule has 96 valence electrons. The molecular weight excluding hydrogens is 335 g/mol. The molecule has 0 bridgehead atoms. The Bertz CT molecular complexity index is 410. The summed E-state index contributed by atoms with van der Waals surface area (Å²) in [7, 11) is 0. The van der Waals surface area contributed by atoms with Crippen molar-refractivity contribution in [3.63, 3.8) is 0 Å². The minimum atomic E-state index is 0.259. The second-order valence-corrected chi connectivity index (χ2v) is 6.52. The lowest BCUT2D eigenvalue weighted by atomic mass is 10.0. The fraction of sp³-hybridized carbons (Fsp3) is 0.438. The van der Waals surface area contributed by atoms with E-state index in [2.05, 4.69) is 40.8 Å². The van der Waals surface area contributed by atoms with E-state index in [0.717, 1.165) is 10.3 Å². The molecule has 0 radical (unpaired) electrons. The van der Waals surface area contributed by atoms with Gasteiger partial charge in [-0.1, -0.05) is 65.4 Å². The number of benzene rings is 1. The van der Waals surface area contributed by atoms with Gasteiger partial charge in [0.05, 0.1) is 0 Å². The molecule has 18 heavy (non-hydrogen) atoms. The van der Waals surface area contributed by atoms with Gasteiger partial charge in [0.15, 0.2) is 5.78 Å². The van der Waals surface area contributed by atoms with Crippen LogP contribution in [0.1, 0.15) is 31.2 Å². The highest BCUT2D eigenvalue weighted by atomic mass is 127. The van der Waals surface area contributed by atoms with Crippen LogP contribution in [-0.2, 0) is 11.2 Å². The first-order chi connectivity index (χ1) is 8.75. The molecule has 2 atom stereocenters. The Balaban J connectivity index is 1.77. The maximum absolute atomic E-state index is 11.8. The molecule has 0 amide bonds. The van der Waals surface area contributed by atoms with Crippen LogP contribution in [0.25, 0.3) is 0 Å². The number of aryl methyl sites for hydroxylation is 1. The van der Waals surface area contributed by atoms with Crippen molar-refractivity contribution in [2.24, 2.45) is 5.92 Å². The highest BCUT2D eigenvalue weighted by Gasteiger charge is 2.22. The summed E-state index contributed by atoms with van der Waals surface area (Å²) in [6.45, 7) is 0. The van der Waals surface area contributed by atoms with Crippen LogP contribution >= 0.6 is 22.6 Å². The third kappa shape index (κ3) is 4.23. The van der Waals surface area contributed by atoms with Crippen LogP contribution in [0.15, 0.2) is 42.5 Å². The molecule has 1 aliphatic rings. The third-order valence-corrected chi connectivity index (χ3v) is 5.06. The molecule has 2 rings (SSSR count). The Morgan fingerprint density at radius 1 is 1.28 bits per heavy atom. The summed E-state index contributed by atoms with van der Waals surface area (Å²) in [5.41, 5.74) is 1.24. The first-order valence-electron chi connectivity index (χ1n) is 6.65. The minimum Gasteiger partial charge on any atom is -0.295 e. The third-order valence-electron chi connectivity index (χ3n) is 3.51. The van der Waals surface area contributed by atoms with E-state index in [0.29, 0.717) is 12.3 Å². The molecule has 1 aromatic carbocycles. The molecule has 0 N–H and O–H groups in total. The maximum atomic E-state index is 11.8. The van der Waals surface area contributed by atoms with Crippen molar-refractivity contribution in [2.45, 2.75) is 36.0 Å². The molecule has 0 unspecified atom stereocenters. The largest absolute Gasteiger partial charge is 0.295 e. The van der Waals surface area contributed by atoms with Gasteiger partial charge in [-0.05, 0) is 36.8 Å². The number of hydrogen-bond donors (Lipinski definition) is 0. The van der Waals surface area contributed by atoms with Crippen LogP contribution in [-0.4, -0.2) is 9.71 Å². The van der Waals surface area contributed by atoms with E-state index in [-0.39, 0.29) is 5.78 Å². The Labute approximate surface area is 123 Å². The quantitative estimate of drug-likeness (QED) is 0.437. The predicted molar refractivity (Wildman–Crippen MR) is 84.1 cm³/mol. The number of allylic oxidation sites excluding steroid dienone is 2. The van der Waals surface area contributed by atoms with Gasteiger partial charge in [-0.2, -0.15) is 0 Å². The summed E-state index contributed by atoms with van der Waals surface area (Å²) in [4.78, 5) is 11.8. The molecule has 1 aliphatic carbocycles. The molecule has 1 fully saturated rings. The minimum absolute atomic E-state index is 0.259. The normalized spacial score (nSPS) is 23.6. The Morgan fingerprint density at radius 3 is 2.72 bits per heavy atom. The van der Waals surface area contributed by atoms with E-state index in [1.165, 1.54) is 24.8 Å². The van der Waals surface area contributed by atoms with Gasteiger partial charge in [0, 0.05) is 10.3 Å². The second kappa shape index (κ2) is 7.07. The van der Waals surface area contributed by atoms with Crippen molar-refractivity contribution >= 4 is 28.4 Å². The van der Waals surface area contributed by atoms with E-state index in [1.54, 1.807) is 0 Å². The molecule has 1 nitrogen and oxygen atoms in total. The smallest absolute Gasteiger partial charge is 0.155 e. The van der Waals surface area contributed by atoms with Crippen molar-refractivity contribution in [3.05, 3.63) is 48.0 Å². The highest BCUT2D eigenvalue weighted by Crippen LogP contribution is 2.32. The summed E-state index contributed by atoms with van der Waals surface area (Å²) in [5.74, 6) is 0.876. The number of carbonyl (C=O) groups is 1. The zero-order chi connectivity index (χ0) is 12.8. The van der Waals surface area contributed by atoms with Gasteiger partial charge >= 0.3 is 0 Å². The van der Waals surface area contributed by atoms with Crippen LogP contribution in [0.2, 0.25) is 0 Å². The summed E-state index contributed by atoms with van der Waals surface area (Å²) in [6.07, 6.45) is 9.27. The van der Waals surface area contributed by atoms with Crippen LogP contribution < -0.4 is 0 Å². The monoisotopic (exact) mass is 354 g/mol. The summed E-state index contributed by atoms with van der Waals surface area (Å²) >= 11 is 2.51. The first kappa shape index (κ1) is 13.8. The van der Waals surface area contributed by atoms with Gasteiger partial charge in [-0.25, -0.2) is 0 Å². The van der Waals surface area contributed by atoms with Crippen LogP contribution in [0, 0.1) is 5.92 Å². The van der Waals surface area contributed by atoms with Crippen LogP contribution in [0.3, 0.4) is 0 Å². The molecule has 0 saturated heterocycles. The Hall–Kier alpha value is -0.640. The summed E-state index contributed by atoms with van der Waals surface area (Å²) in [6, 6.07) is 10.2. The van der Waals surface area contributed by atoms with E-state index >= 15 is 0 Å². The summed E-state index contributed by atoms with van der Waals surface area (Å²) < 4.78 is 0.723. The van der Waals surface area contributed by atoms with Crippen molar-refractivity contribution in [2.75, 3.05) is 0 Å². The fourth-order valence-electron chi connectivity index (χ4n) is 2.39. The standard InChI is InChI=1S/C16H19IO/c17-16-8-4-7-14(16)10-12-15(18)11-9-13-5-2-1-3-6-13/h1-3,5-6,10,12,14,16H,4,7-9,11H2/b12-10+/t14-,16+/m1/s1. The lowest BCUT2D eigenvalue weighted by molar-refractivity contribution is -0.114. The molecule has 0 aliphatic heterocycles. The Kier molecular flexibility index (Phi) is 5.42. The second-order valence-electron chi connectivity index (χ2n) is 4.92. The van der Waals surface area contributed by atoms with Crippen molar-refractivity contribution in [1.82, 2.24) is 0 Å². The summed E-state index contributed by atoms with van der Waals surface area (Å²) in [5, 5.41) is 0. The molecule has 0 aromatic heterocycles. The molecule has 1 saturated carbocycles.